The van der Waals surface area contributed by atoms with E-state index in [4.69, 9.17) is 5.73 Å². The molecule has 2 N–H and O–H groups in total. The number of carbonyl (C=O) groups excluding carboxylic acids is 1. The molecule has 0 unspecified atom stereocenters. The van der Waals surface area contributed by atoms with E-state index in [0.29, 0.717) is 6.42 Å². The summed E-state index contributed by atoms with van der Waals surface area (Å²) < 4.78 is 0. The van der Waals surface area contributed by atoms with Gasteiger partial charge in [-0.3, -0.25) is 4.79 Å². The van der Waals surface area contributed by atoms with E-state index in [1.165, 1.54) is 51.7 Å². The third-order valence-corrected chi connectivity index (χ3v) is 2.98. The Kier molecular flexibility index (Phi) is 11.5. The summed E-state index contributed by atoms with van der Waals surface area (Å²) in [6.45, 7) is 8.18. The predicted molar refractivity (Wildman–Crippen MR) is 73.9 cm³/mol. The van der Waals surface area contributed by atoms with Gasteiger partial charge in [-0.25, -0.2) is 0 Å². The van der Waals surface area contributed by atoms with Crippen molar-refractivity contribution in [2.45, 2.75) is 65.2 Å². The highest BCUT2D eigenvalue weighted by atomic mass is 16.1. The van der Waals surface area contributed by atoms with Crippen molar-refractivity contribution in [1.82, 2.24) is 4.90 Å². The molecule has 0 aromatic carbocycles. The number of rotatable bonds is 12. The third-order valence-electron chi connectivity index (χ3n) is 2.98. The minimum atomic E-state index is -0.165. The quantitative estimate of drug-likeness (QED) is 0.535. The molecule has 0 aliphatic carbocycles. The fourth-order valence-corrected chi connectivity index (χ4v) is 2.13. The molecule has 0 spiro atoms. The Labute approximate surface area is 107 Å². The summed E-state index contributed by atoms with van der Waals surface area (Å²) in [5.41, 5.74) is 5.09. The number of nitrogens with two attached hydrogens (primary N) is 1. The molecule has 0 saturated carbocycles. The lowest BCUT2D eigenvalue weighted by atomic mass is 10.1. The standard InChI is InChI=1S/C14H30N2O/c1-3-11-16(12-4-2)13-9-7-5-6-8-10-14(15)17/h3-13H2,1-2H3,(H2,15,17). The van der Waals surface area contributed by atoms with Gasteiger partial charge in [-0.1, -0.05) is 33.1 Å². The fourth-order valence-electron chi connectivity index (χ4n) is 2.13. The lowest BCUT2D eigenvalue weighted by molar-refractivity contribution is -0.118. The van der Waals surface area contributed by atoms with E-state index < -0.39 is 0 Å². The van der Waals surface area contributed by atoms with Crippen LogP contribution < -0.4 is 5.73 Å². The molecule has 0 fully saturated rings. The highest BCUT2D eigenvalue weighted by Crippen LogP contribution is 2.06. The Hall–Kier alpha value is -0.570. The molecule has 0 aromatic rings. The maximum absolute atomic E-state index is 10.5. The Morgan fingerprint density at radius 3 is 1.94 bits per heavy atom. The summed E-state index contributed by atoms with van der Waals surface area (Å²) in [6, 6.07) is 0. The molecule has 0 aliphatic heterocycles. The highest BCUT2D eigenvalue weighted by Gasteiger charge is 2.01. The van der Waals surface area contributed by atoms with Crippen LogP contribution in [-0.2, 0) is 4.79 Å². The maximum atomic E-state index is 10.5. The van der Waals surface area contributed by atoms with Gasteiger partial charge in [0.1, 0.15) is 0 Å². The van der Waals surface area contributed by atoms with Crippen molar-refractivity contribution in [3.05, 3.63) is 0 Å². The van der Waals surface area contributed by atoms with Gasteiger partial charge in [0, 0.05) is 6.42 Å². The lowest BCUT2D eigenvalue weighted by Gasteiger charge is -2.20. The van der Waals surface area contributed by atoms with Gasteiger partial charge in [0.2, 0.25) is 5.91 Å². The minimum absolute atomic E-state index is 0.165. The Bertz CT molecular complexity index is 177. The Morgan fingerprint density at radius 1 is 0.882 bits per heavy atom. The molecule has 1 amide bonds. The molecular formula is C14H30N2O. The summed E-state index contributed by atoms with van der Waals surface area (Å²) in [6.07, 6.45) is 8.96. The summed E-state index contributed by atoms with van der Waals surface area (Å²) in [4.78, 5) is 13.1. The third kappa shape index (κ3) is 11.7. The van der Waals surface area contributed by atoms with E-state index in [0.717, 1.165) is 12.8 Å². The van der Waals surface area contributed by atoms with Crippen LogP contribution in [0.4, 0.5) is 0 Å². The van der Waals surface area contributed by atoms with Gasteiger partial charge in [0.25, 0.3) is 0 Å². The Balaban J connectivity index is 3.32. The van der Waals surface area contributed by atoms with Crippen molar-refractivity contribution >= 4 is 5.91 Å². The second-order valence-electron chi connectivity index (χ2n) is 4.83. The van der Waals surface area contributed by atoms with Crippen molar-refractivity contribution in [2.75, 3.05) is 19.6 Å². The predicted octanol–water partition coefficient (Wildman–Crippen LogP) is 2.93. The molecule has 3 heteroatoms. The molecule has 0 radical (unpaired) electrons. The second kappa shape index (κ2) is 11.9. The van der Waals surface area contributed by atoms with Crippen LogP contribution >= 0.6 is 0 Å². The van der Waals surface area contributed by atoms with Gasteiger partial charge < -0.3 is 10.6 Å². The van der Waals surface area contributed by atoms with E-state index in [2.05, 4.69) is 18.7 Å². The van der Waals surface area contributed by atoms with Crippen molar-refractivity contribution in [2.24, 2.45) is 5.73 Å². The number of amides is 1. The lowest BCUT2D eigenvalue weighted by Crippen LogP contribution is -2.26. The molecule has 102 valence electrons. The van der Waals surface area contributed by atoms with E-state index >= 15 is 0 Å². The number of nitrogens with zero attached hydrogens (tertiary/aromatic N) is 1. The van der Waals surface area contributed by atoms with Crippen LogP contribution in [-0.4, -0.2) is 30.4 Å². The summed E-state index contributed by atoms with van der Waals surface area (Å²) >= 11 is 0. The van der Waals surface area contributed by atoms with Crippen LogP contribution in [0.15, 0.2) is 0 Å². The first-order valence-corrected chi connectivity index (χ1v) is 7.21. The molecule has 0 bridgehead atoms. The van der Waals surface area contributed by atoms with Crippen molar-refractivity contribution in [3.63, 3.8) is 0 Å². The SMILES string of the molecule is CCCN(CCC)CCCCCCCC(N)=O. The van der Waals surface area contributed by atoms with Crippen molar-refractivity contribution < 1.29 is 4.79 Å². The average Bonchev–Trinajstić information content (AvgIpc) is 2.28. The molecule has 0 heterocycles. The maximum Gasteiger partial charge on any atom is 0.217 e. The molecule has 3 nitrogen and oxygen atoms in total. The fraction of sp³-hybridized carbons (Fsp3) is 0.929. The zero-order chi connectivity index (χ0) is 12.9. The van der Waals surface area contributed by atoms with E-state index in [9.17, 15) is 4.79 Å². The molecule has 0 rings (SSSR count). The minimum Gasteiger partial charge on any atom is -0.370 e. The van der Waals surface area contributed by atoms with E-state index in [-0.39, 0.29) is 5.91 Å². The van der Waals surface area contributed by atoms with E-state index in [1.54, 1.807) is 0 Å². The van der Waals surface area contributed by atoms with Crippen molar-refractivity contribution in [1.29, 1.82) is 0 Å². The van der Waals surface area contributed by atoms with Crippen LogP contribution in [0.5, 0.6) is 0 Å². The molecule has 0 aliphatic rings. The van der Waals surface area contributed by atoms with Gasteiger partial charge in [0.05, 0.1) is 0 Å². The number of unbranched alkanes of at least 4 members (excludes halogenated alkanes) is 4. The van der Waals surface area contributed by atoms with E-state index in [1.807, 2.05) is 0 Å². The van der Waals surface area contributed by atoms with Crippen LogP contribution in [0.3, 0.4) is 0 Å². The van der Waals surface area contributed by atoms with Gasteiger partial charge in [-0.05, 0) is 45.3 Å². The largest absolute Gasteiger partial charge is 0.370 e. The summed E-state index contributed by atoms with van der Waals surface area (Å²) in [7, 11) is 0. The molecule has 17 heavy (non-hydrogen) atoms. The number of hydrogen-bond donors (Lipinski definition) is 1. The molecule has 0 saturated heterocycles. The summed E-state index contributed by atoms with van der Waals surface area (Å²) in [5, 5.41) is 0. The first kappa shape index (κ1) is 16.4. The van der Waals surface area contributed by atoms with Crippen LogP contribution in [0.1, 0.15) is 65.2 Å². The zero-order valence-corrected chi connectivity index (χ0v) is 11.7. The monoisotopic (exact) mass is 242 g/mol. The Morgan fingerprint density at radius 2 is 1.41 bits per heavy atom. The molecule has 0 atom stereocenters. The smallest absolute Gasteiger partial charge is 0.217 e. The van der Waals surface area contributed by atoms with Crippen LogP contribution in [0.25, 0.3) is 0 Å². The van der Waals surface area contributed by atoms with Crippen LogP contribution in [0, 0.1) is 0 Å². The van der Waals surface area contributed by atoms with Gasteiger partial charge in [0.15, 0.2) is 0 Å². The highest BCUT2D eigenvalue weighted by molar-refractivity contribution is 5.73. The first-order chi connectivity index (χ1) is 8.20. The zero-order valence-electron chi connectivity index (χ0n) is 11.7. The number of primary amides is 1. The number of carbonyl (C=O) groups is 1. The second-order valence-corrected chi connectivity index (χ2v) is 4.83. The van der Waals surface area contributed by atoms with Gasteiger partial charge in [-0.2, -0.15) is 0 Å². The van der Waals surface area contributed by atoms with Crippen LogP contribution in [0.2, 0.25) is 0 Å². The molecular weight excluding hydrogens is 212 g/mol. The topological polar surface area (TPSA) is 46.3 Å². The first-order valence-electron chi connectivity index (χ1n) is 7.21. The average molecular weight is 242 g/mol. The number of hydrogen-bond acceptors (Lipinski definition) is 2. The molecule has 0 aromatic heterocycles. The van der Waals surface area contributed by atoms with Gasteiger partial charge >= 0.3 is 0 Å². The van der Waals surface area contributed by atoms with Crippen molar-refractivity contribution in [3.8, 4) is 0 Å². The van der Waals surface area contributed by atoms with Gasteiger partial charge in [-0.15, -0.1) is 0 Å². The normalized spacial score (nSPS) is 11.0. The summed E-state index contributed by atoms with van der Waals surface area (Å²) in [5.74, 6) is -0.165.